The zero-order chi connectivity index (χ0) is 12.3. The molecule has 4 heteroatoms. The molecule has 0 spiro atoms. The number of imidazole rings is 1. The van der Waals surface area contributed by atoms with Crippen molar-refractivity contribution in [3.8, 4) is 23.6 Å². The summed E-state index contributed by atoms with van der Waals surface area (Å²) in [6, 6.07) is 3.92. The highest BCUT2D eigenvalue weighted by Gasteiger charge is 2.10. The van der Waals surface area contributed by atoms with Crippen LogP contribution < -0.4 is 5.73 Å². The highest BCUT2D eigenvalue weighted by molar-refractivity contribution is 5.59. The fraction of sp³-hybridized carbons (Fsp3) is 0.231. The molecular weight excluding hydrogens is 212 g/mol. The van der Waals surface area contributed by atoms with Crippen molar-refractivity contribution in [2.45, 2.75) is 19.4 Å². The summed E-state index contributed by atoms with van der Waals surface area (Å²) in [6.07, 6.45) is 11.3. The van der Waals surface area contributed by atoms with Crippen molar-refractivity contribution in [2.24, 2.45) is 0 Å². The highest BCUT2D eigenvalue weighted by Crippen LogP contribution is 2.23. The first-order valence-corrected chi connectivity index (χ1v) is 5.39. The smallest absolute Gasteiger partial charge is 0.123 e. The maximum Gasteiger partial charge on any atom is 0.123 e. The Bertz CT molecular complexity index is 533. The van der Waals surface area contributed by atoms with E-state index in [1.165, 1.54) is 0 Å². The lowest BCUT2D eigenvalue weighted by Crippen LogP contribution is -2.04. The SMILES string of the molecule is C#CCC(C)n1cncc1-c1ccc(N)nc1. The molecule has 2 aromatic rings. The number of nitrogens with two attached hydrogens (primary N) is 1. The maximum atomic E-state index is 5.57. The summed E-state index contributed by atoms with van der Waals surface area (Å²) in [4.78, 5) is 8.24. The third kappa shape index (κ3) is 2.28. The van der Waals surface area contributed by atoms with Crippen LogP contribution in [0.25, 0.3) is 11.3 Å². The molecule has 86 valence electrons. The van der Waals surface area contributed by atoms with E-state index in [9.17, 15) is 0 Å². The number of nitrogen functional groups attached to an aromatic ring is 1. The molecule has 0 bridgehead atoms. The first-order chi connectivity index (χ1) is 8.22. The molecule has 2 rings (SSSR count). The molecule has 0 radical (unpaired) electrons. The Morgan fingerprint density at radius 2 is 2.29 bits per heavy atom. The normalized spacial score (nSPS) is 12.0. The second kappa shape index (κ2) is 4.71. The third-order valence-electron chi connectivity index (χ3n) is 2.64. The average molecular weight is 226 g/mol. The lowest BCUT2D eigenvalue weighted by molar-refractivity contribution is 0.567. The molecular formula is C13H14N4. The number of hydrogen-bond acceptors (Lipinski definition) is 3. The minimum absolute atomic E-state index is 0.218. The van der Waals surface area contributed by atoms with Crippen LogP contribution in [0.4, 0.5) is 5.82 Å². The molecule has 0 aromatic carbocycles. The standard InChI is InChI=1S/C13H14N4/c1-3-4-10(2)17-9-15-8-12(17)11-5-6-13(14)16-7-11/h1,5-10H,4H2,2H3,(H2,14,16). The number of anilines is 1. The monoisotopic (exact) mass is 226 g/mol. The van der Waals surface area contributed by atoms with Gasteiger partial charge in [0.2, 0.25) is 0 Å². The van der Waals surface area contributed by atoms with Gasteiger partial charge >= 0.3 is 0 Å². The zero-order valence-corrected chi connectivity index (χ0v) is 9.67. The Morgan fingerprint density at radius 1 is 1.47 bits per heavy atom. The minimum Gasteiger partial charge on any atom is -0.384 e. The number of nitrogens with zero attached hydrogens (tertiary/aromatic N) is 3. The predicted molar refractivity (Wildman–Crippen MR) is 68.0 cm³/mol. The summed E-state index contributed by atoms with van der Waals surface area (Å²) >= 11 is 0. The molecule has 2 aromatic heterocycles. The fourth-order valence-electron chi connectivity index (χ4n) is 1.71. The number of rotatable bonds is 3. The van der Waals surface area contributed by atoms with E-state index in [0.717, 1.165) is 11.3 Å². The van der Waals surface area contributed by atoms with Gasteiger partial charge in [0.05, 0.1) is 18.2 Å². The Labute approximate surface area is 101 Å². The molecule has 0 aliphatic rings. The quantitative estimate of drug-likeness (QED) is 0.815. The van der Waals surface area contributed by atoms with Gasteiger partial charge in [0.25, 0.3) is 0 Å². The van der Waals surface area contributed by atoms with E-state index in [1.807, 2.05) is 10.6 Å². The van der Waals surface area contributed by atoms with Crippen LogP contribution in [0.1, 0.15) is 19.4 Å². The van der Waals surface area contributed by atoms with Gasteiger partial charge in [0, 0.05) is 24.2 Å². The second-order valence-electron chi connectivity index (χ2n) is 3.92. The molecule has 17 heavy (non-hydrogen) atoms. The van der Waals surface area contributed by atoms with Crippen LogP contribution >= 0.6 is 0 Å². The van der Waals surface area contributed by atoms with Crippen molar-refractivity contribution >= 4 is 5.82 Å². The Balaban J connectivity index is 2.37. The fourth-order valence-corrected chi connectivity index (χ4v) is 1.71. The number of terminal acetylenes is 1. The molecule has 0 saturated carbocycles. The van der Waals surface area contributed by atoms with Gasteiger partial charge in [-0.2, -0.15) is 0 Å². The zero-order valence-electron chi connectivity index (χ0n) is 9.67. The summed E-state index contributed by atoms with van der Waals surface area (Å²) in [6.45, 7) is 2.07. The van der Waals surface area contributed by atoms with Crippen molar-refractivity contribution in [3.63, 3.8) is 0 Å². The largest absolute Gasteiger partial charge is 0.384 e. The van der Waals surface area contributed by atoms with E-state index in [-0.39, 0.29) is 6.04 Å². The molecule has 4 nitrogen and oxygen atoms in total. The van der Waals surface area contributed by atoms with Crippen LogP contribution in [0, 0.1) is 12.3 Å². The lowest BCUT2D eigenvalue weighted by atomic mass is 10.2. The number of hydrogen-bond donors (Lipinski definition) is 1. The van der Waals surface area contributed by atoms with Gasteiger partial charge in [0.15, 0.2) is 0 Å². The van der Waals surface area contributed by atoms with Crippen LogP contribution in [0.5, 0.6) is 0 Å². The van der Waals surface area contributed by atoms with Gasteiger partial charge in [-0.25, -0.2) is 9.97 Å². The molecule has 0 amide bonds. The van der Waals surface area contributed by atoms with Gasteiger partial charge in [-0.3, -0.25) is 0 Å². The van der Waals surface area contributed by atoms with Crippen LogP contribution in [0.15, 0.2) is 30.9 Å². The van der Waals surface area contributed by atoms with Crippen molar-refractivity contribution < 1.29 is 0 Å². The van der Waals surface area contributed by atoms with Crippen LogP contribution in [0.2, 0.25) is 0 Å². The third-order valence-corrected chi connectivity index (χ3v) is 2.64. The van der Waals surface area contributed by atoms with E-state index in [0.29, 0.717) is 12.2 Å². The van der Waals surface area contributed by atoms with Crippen LogP contribution in [0.3, 0.4) is 0 Å². The van der Waals surface area contributed by atoms with Gasteiger partial charge in [-0.05, 0) is 19.1 Å². The van der Waals surface area contributed by atoms with Gasteiger partial charge < -0.3 is 10.3 Å². The molecule has 0 aliphatic carbocycles. The lowest BCUT2D eigenvalue weighted by Gasteiger charge is -2.13. The topological polar surface area (TPSA) is 56.7 Å². The first-order valence-electron chi connectivity index (χ1n) is 5.39. The number of pyridine rings is 1. The van der Waals surface area contributed by atoms with Crippen LogP contribution in [-0.4, -0.2) is 14.5 Å². The maximum absolute atomic E-state index is 5.57. The van der Waals surface area contributed by atoms with Crippen molar-refractivity contribution in [2.75, 3.05) is 5.73 Å². The second-order valence-corrected chi connectivity index (χ2v) is 3.92. The summed E-state index contributed by atoms with van der Waals surface area (Å²) in [7, 11) is 0. The molecule has 2 N–H and O–H groups in total. The Morgan fingerprint density at radius 3 is 2.94 bits per heavy atom. The van der Waals surface area contributed by atoms with Crippen molar-refractivity contribution in [1.29, 1.82) is 0 Å². The molecule has 0 aliphatic heterocycles. The summed E-state index contributed by atoms with van der Waals surface area (Å²) in [5.41, 5.74) is 7.55. The summed E-state index contributed by atoms with van der Waals surface area (Å²) < 4.78 is 2.05. The molecule has 1 atom stereocenters. The van der Waals surface area contributed by atoms with Gasteiger partial charge in [-0.1, -0.05) is 0 Å². The van der Waals surface area contributed by atoms with E-state index >= 15 is 0 Å². The minimum atomic E-state index is 0.218. The van der Waals surface area contributed by atoms with E-state index in [2.05, 4.69) is 22.8 Å². The Hall–Kier alpha value is -2.28. The van der Waals surface area contributed by atoms with Gasteiger partial charge in [0.1, 0.15) is 5.82 Å². The van der Waals surface area contributed by atoms with Gasteiger partial charge in [-0.15, -0.1) is 12.3 Å². The van der Waals surface area contributed by atoms with E-state index in [1.54, 1.807) is 24.8 Å². The average Bonchev–Trinajstić information content (AvgIpc) is 2.79. The predicted octanol–water partition coefficient (Wildman–Crippen LogP) is 2.11. The summed E-state index contributed by atoms with van der Waals surface area (Å²) in [5.74, 6) is 3.17. The first kappa shape index (κ1) is 11.2. The molecule has 0 saturated heterocycles. The van der Waals surface area contributed by atoms with Crippen molar-refractivity contribution in [1.82, 2.24) is 14.5 Å². The van der Waals surface area contributed by atoms with Crippen molar-refractivity contribution in [3.05, 3.63) is 30.9 Å². The summed E-state index contributed by atoms with van der Waals surface area (Å²) in [5, 5.41) is 0. The highest BCUT2D eigenvalue weighted by atomic mass is 15.1. The molecule has 1 unspecified atom stereocenters. The molecule has 2 heterocycles. The Kier molecular flexibility index (Phi) is 3.10. The number of aromatic nitrogens is 3. The van der Waals surface area contributed by atoms with E-state index in [4.69, 9.17) is 12.2 Å². The van der Waals surface area contributed by atoms with Crippen LogP contribution in [-0.2, 0) is 0 Å². The molecule has 0 fully saturated rings. The van der Waals surface area contributed by atoms with E-state index < -0.39 is 0 Å².